The fourth-order valence-electron chi connectivity index (χ4n) is 1.46. The highest BCUT2D eigenvalue weighted by molar-refractivity contribution is 6.00. The van der Waals surface area contributed by atoms with Crippen molar-refractivity contribution in [2.45, 2.75) is 6.42 Å². The van der Waals surface area contributed by atoms with E-state index in [0.717, 1.165) is 11.1 Å². The third-order valence-electron chi connectivity index (χ3n) is 2.23. The number of Topliss-reactive ketones (excluding diaryl/α,β-unsaturated/α-hetero) is 1. The number of hydrogen-bond donors (Lipinski definition) is 0. The molecule has 0 atom stereocenters. The van der Waals surface area contributed by atoms with Crippen molar-refractivity contribution in [3.8, 4) is 0 Å². The van der Waals surface area contributed by atoms with E-state index < -0.39 is 0 Å². The normalized spacial score (nSPS) is 20.0. The van der Waals surface area contributed by atoms with Gasteiger partial charge in [0.25, 0.3) is 0 Å². The summed E-state index contributed by atoms with van der Waals surface area (Å²) in [6.45, 7) is 1.01. The summed E-state index contributed by atoms with van der Waals surface area (Å²) in [5.41, 5.74) is 1.84. The quantitative estimate of drug-likeness (QED) is 0.630. The van der Waals surface area contributed by atoms with Gasteiger partial charge in [-0.05, 0) is 11.6 Å². The van der Waals surface area contributed by atoms with Crippen LogP contribution in [0.3, 0.4) is 0 Å². The molecule has 0 N–H and O–H groups in total. The van der Waals surface area contributed by atoms with Crippen LogP contribution in [0.15, 0.2) is 35.9 Å². The first-order chi connectivity index (χ1) is 6.86. The molecule has 0 unspecified atom stereocenters. The summed E-state index contributed by atoms with van der Waals surface area (Å²) < 4.78 is 5.24. The van der Waals surface area contributed by atoms with Gasteiger partial charge < -0.3 is 4.74 Å². The molecule has 14 heavy (non-hydrogen) atoms. The van der Waals surface area contributed by atoms with Crippen LogP contribution in [-0.4, -0.2) is 19.0 Å². The van der Waals surface area contributed by atoms with Gasteiger partial charge in [-0.3, -0.25) is 4.79 Å². The highest BCUT2D eigenvalue weighted by Gasteiger charge is 2.14. The van der Waals surface area contributed by atoms with Crippen LogP contribution in [0.2, 0.25) is 0 Å². The van der Waals surface area contributed by atoms with Crippen molar-refractivity contribution in [1.82, 2.24) is 0 Å². The molecule has 1 aromatic carbocycles. The van der Waals surface area contributed by atoms with Crippen molar-refractivity contribution in [3.05, 3.63) is 41.5 Å². The van der Waals surface area contributed by atoms with Crippen molar-refractivity contribution in [2.24, 2.45) is 0 Å². The number of ether oxygens (including phenoxy) is 1. The molecule has 72 valence electrons. The van der Waals surface area contributed by atoms with Crippen LogP contribution in [0.1, 0.15) is 12.0 Å². The zero-order chi connectivity index (χ0) is 9.80. The van der Waals surface area contributed by atoms with Gasteiger partial charge >= 0.3 is 0 Å². The van der Waals surface area contributed by atoms with E-state index >= 15 is 0 Å². The molecule has 0 aromatic heterocycles. The molecule has 2 nitrogen and oxygen atoms in total. The highest BCUT2D eigenvalue weighted by Crippen LogP contribution is 2.13. The minimum Gasteiger partial charge on any atom is -0.376 e. The molecular weight excluding hydrogens is 176 g/mol. The van der Waals surface area contributed by atoms with Gasteiger partial charge in [0, 0.05) is 12.0 Å². The minimum atomic E-state index is 0.208. The zero-order valence-electron chi connectivity index (χ0n) is 7.90. The van der Waals surface area contributed by atoms with Gasteiger partial charge in [-0.15, -0.1) is 0 Å². The smallest absolute Gasteiger partial charge is 0.163 e. The average molecular weight is 188 g/mol. The number of benzene rings is 1. The Labute approximate surface area is 83.2 Å². The summed E-state index contributed by atoms with van der Waals surface area (Å²) in [6.07, 6.45) is 2.42. The van der Waals surface area contributed by atoms with E-state index in [9.17, 15) is 4.79 Å². The largest absolute Gasteiger partial charge is 0.376 e. The Balaban J connectivity index is 2.21. The Kier molecular flexibility index (Phi) is 2.75. The van der Waals surface area contributed by atoms with E-state index in [-0.39, 0.29) is 5.78 Å². The SMILES string of the molecule is O=C1CCOC/C1=C\c1ccccc1. The first kappa shape index (κ1) is 9.16. The molecule has 0 spiro atoms. The molecule has 0 radical (unpaired) electrons. The van der Waals surface area contributed by atoms with Crippen LogP contribution in [0.4, 0.5) is 0 Å². The lowest BCUT2D eigenvalue weighted by Gasteiger charge is -2.13. The molecule has 1 heterocycles. The van der Waals surface area contributed by atoms with Crippen LogP contribution in [-0.2, 0) is 9.53 Å². The van der Waals surface area contributed by atoms with E-state index in [0.29, 0.717) is 19.6 Å². The predicted octanol–water partition coefficient (Wildman–Crippen LogP) is 2.06. The Hall–Kier alpha value is -1.41. The molecule has 2 rings (SSSR count). The van der Waals surface area contributed by atoms with Crippen LogP contribution in [0.25, 0.3) is 6.08 Å². The topological polar surface area (TPSA) is 26.3 Å². The first-order valence-electron chi connectivity index (χ1n) is 4.73. The van der Waals surface area contributed by atoms with E-state index in [2.05, 4.69) is 0 Å². The molecule has 1 aliphatic heterocycles. The van der Waals surface area contributed by atoms with Crippen LogP contribution in [0.5, 0.6) is 0 Å². The second-order valence-corrected chi connectivity index (χ2v) is 3.31. The fourth-order valence-corrected chi connectivity index (χ4v) is 1.46. The van der Waals surface area contributed by atoms with E-state index in [4.69, 9.17) is 4.74 Å². The maximum atomic E-state index is 11.5. The van der Waals surface area contributed by atoms with Crippen molar-refractivity contribution in [2.75, 3.05) is 13.2 Å². The molecule has 2 heteroatoms. The monoisotopic (exact) mass is 188 g/mol. The van der Waals surface area contributed by atoms with Gasteiger partial charge in [-0.1, -0.05) is 30.3 Å². The van der Waals surface area contributed by atoms with Gasteiger partial charge in [-0.2, -0.15) is 0 Å². The first-order valence-corrected chi connectivity index (χ1v) is 4.73. The molecule has 1 saturated heterocycles. The average Bonchev–Trinajstić information content (AvgIpc) is 2.23. The Bertz CT molecular complexity index is 352. The lowest BCUT2D eigenvalue weighted by Crippen LogP contribution is -2.18. The maximum absolute atomic E-state index is 11.5. The van der Waals surface area contributed by atoms with Crippen molar-refractivity contribution in [1.29, 1.82) is 0 Å². The van der Waals surface area contributed by atoms with E-state index in [1.54, 1.807) is 0 Å². The minimum absolute atomic E-state index is 0.208. The van der Waals surface area contributed by atoms with Gasteiger partial charge in [0.05, 0.1) is 13.2 Å². The third kappa shape index (κ3) is 2.09. The number of carbonyl (C=O) groups excluding carboxylic acids is 1. The van der Waals surface area contributed by atoms with E-state index in [1.165, 1.54) is 0 Å². The van der Waals surface area contributed by atoms with Crippen LogP contribution < -0.4 is 0 Å². The van der Waals surface area contributed by atoms with E-state index in [1.807, 2.05) is 36.4 Å². The van der Waals surface area contributed by atoms with Crippen molar-refractivity contribution < 1.29 is 9.53 Å². The lowest BCUT2D eigenvalue weighted by atomic mass is 10.0. The summed E-state index contributed by atoms with van der Waals surface area (Å²) in [5, 5.41) is 0. The molecular formula is C12H12O2. The van der Waals surface area contributed by atoms with Crippen molar-refractivity contribution in [3.63, 3.8) is 0 Å². The molecule has 0 aliphatic carbocycles. The third-order valence-corrected chi connectivity index (χ3v) is 2.23. The molecule has 0 amide bonds. The summed E-state index contributed by atoms with van der Waals surface area (Å²) in [6, 6.07) is 9.84. The van der Waals surface area contributed by atoms with Gasteiger partial charge in [0.2, 0.25) is 0 Å². The number of hydrogen-bond acceptors (Lipinski definition) is 2. The van der Waals surface area contributed by atoms with Crippen molar-refractivity contribution >= 4 is 11.9 Å². The van der Waals surface area contributed by atoms with Gasteiger partial charge in [0.1, 0.15) is 0 Å². The molecule has 1 aromatic rings. The second-order valence-electron chi connectivity index (χ2n) is 3.31. The summed E-state index contributed by atoms with van der Waals surface area (Å²) in [4.78, 5) is 11.5. The van der Waals surface area contributed by atoms with Gasteiger partial charge in [-0.25, -0.2) is 0 Å². The zero-order valence-corrected chi connectivity index (χ0v) is 7.90. The second kappa shape index (κ2) is 4.20. The summed E-state index contributed by atoms with van der Waals surface area (Å²) in [7, 11) is 0. The Morgan fingerprint density at radius 3 is 2.71 bits per heavy atom. The summed E-state index contributed by atoms with van der Waals surface area (Å²) in [5.74, 6) is 0.208. The Morgan fingerprint density at radius 1 is 1.21 bits per heavy atom. The number of carbonyl (C=O) groups is 1. The van der Waals surface area contributed by atoms with Crippen LogP contribution >= 0.6 is 0 Å². The van der Waals surface area contributed by atoms with Crippen LogP contribution in [0, 0.1) is 0 Å². The number of ketones is 1. The highest BCUT2D eigenvalue weighted by atomic mass is 16.5. The number of rotatable bonds is 1. The standard InChI is InChI=1S/C12H12O2/c13-12-6-7-14-9-11(12)8-10-4-2-1-3-5-10/h1-5,8H,6-7,9H2/b11-8+. The van der Waals surface area contributed by atoms with Gasteiger partial charge in [0.15, 0.2) is 5.78 Å². The molecule has 0 saturated carbocycles. The summed E-state index contributed by atoms with van der Waals surface area (Å²) >= 11 is 0. The fraction of sp³-hybridized carbons (Fsp3) is 0.250. The molecule has 1 aliphatic rings. The molecule has 0 bridgehead atoms. The molecule has 1 fully saturated rings. The Morgan fingerprint density at radius 2 is 2.00 bits per heavy atom. The predicted molar refractivity (Wildman–Crippen MR) is 54.9 cm³/mol. The lowest BCUT2D eigenvalue weighted by molar-refractivity contribution is -0.119. The maximum Gasteiger partial charge on any atom is 0.163 e.